The Morgan fingerprint density at radius 3 is 2.78 bits per heavy atom. The number of halogens is 3. The Balaban J connectivity index is 0.00000261. The van der Waals surface area contributed by atoms with Gasteiger partial charge in [0.1, 0.15) is 5.75 Å². The lowest BCUT2D eigenvalue weighted by atomic mass is 10.1. The van der Waals surface area contributed by atoms with Crippen molar-refractivity contribution in [3.05, 3.63) is 41.2 Å². The van der Waals surface area contributed by atoms with Gasteiger partial charge in [-0.25, -0.2) is 4.68 Å². The summed E-state index contributed by atoms with van der Waals surface area (Å²) in [6, 6.07) is 6.57. The largest absolute Gasteiger partial charge is 0.434 e. The van der Waals surface area contributed by atoms with Crippen LogP contribution in [0.25, 0.3) is 0 Å². The fourth-order valence-electron chi connectivity index (χ4n) is 3.07. The highest BCUT2D eigenvalue weighted by atomic mass is 35.5. The molecule has 10 heteroatoms. The Morgan fingerprint density at radius 2 is 2.07 bits per heavy atom. The van der Waals surface area contributed by atoms with Crippen LogP contribution in [0.3, 0.4) is 0 Å². The smallest absolute Gasteiger partial charge is 0.387 e. The number of hydrogen-bond donors (Lipinski definition) is 2. The highest BCUT2D eigenvalue weighted by Gasteiger charge is 2.23. The number of alkyl halides is 2. The quantitative estimate of drug-likeness (QED) is 0.777. The number of benzene rings is 1. The van der Waals surface area contributed by atoms with E-state index >= 15 is 0 Å². The van der Waals surface area contributed by atoms with E-state index in [9.17, 15) is 13.6 Å². The van der Waals surface area contributed by atoms with Gasteiger partial charge in [0.2, 0.25) is 0 Å². The fraction of sp³-hybridized carbons (Fsp3) is 0.471. The van der Waals surface area contributed by atoms with Crippen LogP contribution < -0.4 is 15.4 Å². The first-order chi connectivity index (χ1) is 12.6. The zero-order valence-corrected chi connectivity index (χ0v) is 15.6. The predicted octanol–water partition coefficient (Wildman–Crippen LogP) is 2.46. The van der Waals surface area contributed by atoms with Crippen LogP contribution in [0.5, 0.6) is 5.75 Å². The molecule has 0 spiro atoms. The minimum atomic E-state index is -2.92. The first kappa shape index (κ1) is 21.0. The van der Waals surface area contributed by atoms with E-state index in [2.05, 4.69) is 25.7 Å². The van der Waals surface area contributed by atoms with Crippen LogP contribution >= 0.6 is 12.4 Å². The van der Waals surface area contributed by atoms with Crippen molar-refractivity contribution in [2.45, 2.75) is 39.0 Å². The Bertz CT molecular complexity index is 766. The second kappa shape index (κ2) is 9.61. The Kier molecular flexibility index (Phi) is 7.49. The molecule has 27 heavy (non-hydrogen) atoms. The molecule has 1 fully saturated rings. The van der Waals surface area contributed by atoms with Gasteiger partial charge in [-0.3, -0.25) is 4.79 Å². The molecule has 1 aliphatic rings. The maximum Gasteiger partial charge on any atom is 0.387 e. The van der Waals surface area contributed by atoms with Gasteiger partial charge in [0, 0.05) is 12.1 Å². The van der Waals surface area contributed by atoms with Crippen molar-refractivity contribution < 1.29 is 18.3 Å². The Hall–Kier alpha value is -2.26. The summed E-state index contributed by atoms with van der Waals surface area (Å²) in [6.07, 6.45) is 1.87. The molecule has 0 unspecified atom stereocenters. The predicted molar refractivity (Wildman–Crippen MR) is 97.4 cm³/mol. The molecule has 7 nitrogen and oxygen atoms in total. The highest BCUT2D eigenvalue weighted by Crippen LogP contribution is 2.22. The lowest BCUT2D eigenvalue weighted by molar-refractivity contribution is -0.0504. The van der Waals surface area contributed by atoms with Crippen molar-refractivity contribution in [2.24, 2.45) is 0 Å². The van der Waals surface area contributed by atoms with Crippen LogP contribution in [0.1, 0.15) is 40.6 Å². The van der Waals surface area contributed by atoms with Crippen molar-refractivity contribution in [1.29, 1.82) is 0 Å². The lowest BCUT2D eigenvalue weighted by Gasteiger charge is -2.23. The van der Waals surface area contributed by atoms with E-state index in [4.69, 9.17) is 0 Å². The molecule has 3 rings (SSSR count). The number of amides is 1. The molecule has 2 N–H and O–H groups in total. The Labute approximate surface area is 161 Å². The maximum atomic E-state index is 12.5. The van der Waals surface area contributed by atoms with Crippen molar-refractivity contribution in [2.75, 3.05) is 13.1 Å². The van der Waals surface area contributed by atoms with Gasteiger partial charge < -0.3 is 15.4 Å². The van der Waals surface area contributed by atoms with E-state index in [1.54, 1.807) is 22.9 Å². The van der Waals surface area contributed by atoms with Crippen molar-refractivity contribution in [3.63, 3.8) is 0 Å². The van der Waals surface area contributed by atoms with Gasteiger partial charge in [0.15, 0.2) is 5.69 Å². The number of carbonyl (C=O) groups excluding carboxylic acids is 1. The molecular weight excluding hydrogens is 380 g/mol. The summed E-state index contributed by atoms with van der Waals surface area (Å²) in [5.41, 5.74) is 1.41. The molecule has 1 aromatic heterocycles. The standard InChI is InChI=1S/C17H21F2N5O2.ClH/c1-11-15(22-23-24(11)13-6-8-20-9-7-13)16(25)21-10-12-4-2-3-5-14(12)26-17(18)19;/h2-5,13,17,20H,6-10H2,1H3,(H,21,25);1H. The van der Waals surface area contributed by atoms with E-state index in [1.807, 2.05) is 6.92 Å². The van der Waals surface area contributed by atoms with Crippen LogP contribution in [-0.2, 0) is 6.54 Å². The highest BCUT2D eigenvalue weighted by molar-refractivity contribution is 5.93. The van der Waals surface area contributed by atoms with Gasteiger partial charge >= 0.3 is 6.61 Å². The minimum absolute atomic E-state index is 0. The van der Waals surface area contributed by atoms with Crippen LogP contribution in [0.2, 0.25) is 0 Å². The molecule has 0 radical (unpaired) electrons. The topological polar surface area (TPSA) is 81.1 Å². The molecule has 1 aliphatic heterocycles. The van der Waals surface area contributed by atoms with Crippen LogP contribution in [0.15, 0.2) is 24.3 Å². The molecule has 0 bridgehead atoms. The first-order valence-corrected chi connectivity index (χ1v) is 8.49. The molecule has 148 valence electrons. The second-order valence-corrected chi connectivity index (χ2v) is 6.12. The molecule has 1 amide bonds. The molecule has 1 aromatic carbocycles. The maximum absolute atomic E-state index is 12.5. The summed E-state index contributed by atoms with van der Waals surface area (Å²) in [4.78, 5) is 12.4. The van der Waals surface area contributed by atoms with E-state index in [0.717, 1.165) is 25.9 Å². The van der Waals surface area contributed by atoms with Gasteiger partial charge in [0.25, 0.3) is 5.91 Å². The summed E-state index contributed by atoms with van der Waals surface area (Å²) < 4.78 is 31.2. The summed E-state index contributed by atoms with van der Waals surface area (Å²) >= 11 is 0. The average Bonchev–Trinajstić information content (AvgIpc) is 3.02. The summed E-state index contributed by atoms with van der Waals surface area (Å²) in [5.74, 6) is -0.354. The van der Waals surface area contributed by atoms with E-state index < -0.39 is 12.5 Å². The average molecular weight is 402 g/mol. The van der Waals surface area contributed by atoms with Crippen molar-refractivity contribution >= 4 is 18.3 Å². The number of para-hydroxylation sites is 1. The summed E-state index contributed by atoms with van der Waals surface area (Å²) in [6.45, 7) is 0.768. The van der Waals surface area contributed by atoms with Crippen LogP contribution in [0, 0.1) is 6.92 Å². The van der Waals surface area contributed by atoms with Gasteiger partial charge in [0.05, 0.1) is 11.7 Å². The Morgan fingerprint density at radius 1 is 1.37 bits per heavy atom. The number of rotatable bonds is 6. The number of piperidine rings is 1. The zero-order valence-electron chi connectivity index (χ0n) is 14.8. The van der Waals surface area contributed by atoms with Gasteiger partial charge in [-0.1, -0.05) is 23.4 Å². The number of ether oxygens (including phenoxy) is 1. The normalized spacial score (nSPS) is 14.7. The lowest BCUT2D eigenvalue weighted by Crippen LogP contribution is -2.30. The molecule has 1 saturated heterocycles. The third-order valence-corrected chi connectivity index (χ3v) is 4.43. The van der Waals surface area contributed by atoms with E-state index in [0.29, 0.717) is 11.3 Å². The van der Waals surface area contributed by atoms with E-state index in [1.165, 1.54) is 6.07 Å². The third kappa shape index (κ3) is 5.14. The molecule has 2 heterocycles. The molecule has 0 aliphatic carbocycles. The van der Waals surface area contributed by atoms with Gasteiger partial charge in [-0.15, -0.1) is 17.5 Å². The van der Waals surface area contributed by atoms with Crippen molar-refractivity contribution in [1.82, 2.24) is 25.6 Å². The molecule has 0 saturated carbocycles. The van der Waals surface area contributed by atoms with Crippen LogP contribution in [0.4, 0.5) is 8.78 Å². The molecule has 0 atom stereocenters. The van der Waals surface area contributed by atoms with Gasteiger partial charge in [-0.2, -0.15) is 8.78 Å². The number of nitrogens with zero attached hydrogens (tertiary/aromatic N) is 3. The molecular formula is C17H22ClF2N5O2. The minimum Gasteiger partial charge on any atom is -0.434 e. The number of aromatic nitrogens is 3. The first-order valence-electron chi connectivity index (χ1n) is 8.49. The number of carbonyl (C=O) groups is 1. The summed E-state index contributed by atoms with van der Waals surface area (Å²) in [7, 11) is 0. The van der Waals surface area contributed by atoms with Gasteiger partial charge in [-0.05, 0) is 38.9 Å². The zero-order chi connectivity index (χ0) is 18.5. The number of hydrogen-bond acceptors (Lipinski definition) is 5. The van der Waals surface area contributed by atoms with Crippen molar-refractivity contribution in [3.8, 4) is 5.75 Å². The van der Waals surface area contributed by atoms with E-state index in [-0.39, 0.29) is 36.4 Å². The molecule has 2 aromatic rings. The number of nitrogens with one attached hydrogen (secondary N) is 2. The van der Waals surface area contributed by atoms with Crippen LogP contribution in [-0.4, -0.2) is 40.6 Å². The third-order valence-electron chi connectivity index (χ3n) is 4.43. The second-order valence-electron chi connectivity index (χ2n) is 6.12. The monoisotopic (exact) mass is 401 g/mol. The fourth-order valence-corrected chi connectivity index (χ4v) is 3.07. The summed E-state index contributed by atoms with van der Waals surface area (Å²) in [5, 5.41) is 14.1. The SMILES string of the molecule is Cc1c(C(=O)NCc2ccccc2OC(F)F)nnn1C1CCNCC1.Cl.